The van der Waals surface area contributed by atoms with Gasteiger partial charge in [-0.15, -0.1) is 0 Å². The van der Waals surface area contributed by atoms with Gasteiger partial charge >= 0.3 is 6.03 Å². The van der Waals surface area contributed by atoms with Crippen molar-refractivity contribution in [3.63, 3.8) is 0 Å². The number of ether oxygens (including phenoxy) is 1. The molecular weight excluding hydrogens is 310 g/mol. The van der Waals surface area contributed by atoms with Gasteiger partial charge in [-0.25, -0.2) is 14.8 Å². The fourth-order valence-electron chi connectivity index (χ4n) is 2.66. The van der Waals surface area contributed by atoms with E-state index in [2.05, 4.69) is 25.5 Å². The van der Waals surface area contributed by atoms with E-state index < -0.39 is 0 Å². The quantitative estimate of drug-likeness (QED) is 0.834. The van der Waals surface area contributed by atoms with Crippen LogP contribution in [0.1, 0.15) is 19.1 Å². The molecule has 2 aromatic heterocycles. The Labute approximate surface area is 140 Å². The van der Waals surface area contributed by atoms with Crippen LogP contribution in [-0.2, 0) is 6.54 Å². The number of anilines is 1. The van der Waals surface area contributed by atoms with E-state index in [0.717, 1.165) is 24.5 Å². The van der Waals surface area contributed by atoms with Crippen molar-refractivity contribution in [1.82, 2.24) is 20.6 Å². The van der Waals surface area contributed by atoms with Crippen LogP contribution in [-0.4, -0.2) is 41.7 Å². The number of hydrogen-bond donors (Lipinski definition) is 2. The molecule has 1 aliphatic heterocycles. The fraction of sp³-hybridized carbons (Fsp3) is 0.438. The van der Waals surface area contributed by atoms with Crippen LogP contribution in [0.5, 0.6) is 5.88 Å². The zero-order chi connectivity index (χ0) is 16.8. The third-order valence-electron chi connectivity index (χ3n) is 3.75. The van der Waals surface area contributed by atoms with E-state index in [1.165, 1.54) is 0 Å². The largest absolute Gasteiger partial charge is 0.475 e. The van der Waals surface area contributed by atoms with Gasteiger partial charge in [0.05, 0.1) is 19.4 Å². The summed E-state index contributed by atoms with van der Waals surface area (Å²) in [6, 6.07) is 3.46. The molecule has 2 aromatic rings. The van der Waals surface area contributed by atoms with Crippen molar-refractivity contribution in [1.29, 1.82) is 0 Å². The molecule has 0 saturated carbocycles. The molecule has 0 aliphatic carbocycles. The molecule has 8 heteroatoms. The van der Waals surface area contributed by atoms with Crippen molar-refractivity contribution >= 4 is 11.8 Å². The Kier molecular flexibility index (Phi) is 5.15. The number of urea groups is 1. The number of carbonyl (C=O) groups excluding carboxylic acids is 1. The first kappa shape index (κ1) is 16.1. The van der Waals surface area contributed by atoms with Crippen molar-refractivity contribution in [2.45, 2.75) is 25.9 Å². The van der Waals surface area contributed by atoms with Gasteiger partial charge in [0, 0.05) is 31.5 Å². The highest BCUT2D eigenvalue weighted by Gasteiger charge is 2.27. The third kappa shape index (κ3) is 3.95. The lowest BCUT2D eigenvalue weighted by Gasteiger charge is -2.19. The van der Waals surface area contributed by atoms with E-state index in [9.17, 15) is 4.79 Å². The van der Waals surface area contributed by atoms with Crippen LogP contribution in [0.3, 0.4) is 0 Å². The van der Waals surface area contributed by atoms with Crippen molar-refractivity contribution in [2.75, 3.05) is 24.6 Å². The molecule has 0 spiro atoms. The summed E-state index contributed by atoms with van der Waals surface area (Å²) >= 11 is 0. The van der Waals surface area contributed by atoms with Crippen LogP contribution in [0, 0.1) is 0 Å². The van der Waals surface area contributed by atoms with E-state index in [1.807, 2.05) is 13.0 Å². The number of furan rings is 1. The SMILES string of the molecule is CCOc1nccnc1N1CCC(NC(=O)NCc2ccco2)C1. The lowest BCUT2D eigenvalue weighted by molar-refractivity contribution is 0.236. The summed E-state index contributed by atoms with van der Waals surface area (Å²) in [4.78, 5) is 22.6. The maximum Gasteiger partial charge on any atom is 0.315 e. The molecule has 128 valence electrons. The molecule has 8 nitrogen and oxygen atoms in total. The van der Waals surface area contributed by atoms with Gasteiger partial charge in [-0.3, -0.25) is 0 Å². The topological polar surface area (TPSA) is 92.5 Å². The fourth-order valence-corrected chi connectivity index (χ4v) is 2.66. The minimum absolute atomic E-state index is 0.0538. The molecule has 3 rings (SSSR count). The lowest BCUT2D eigenvalue weighted by Crippen LogP contribution is -2.43. The van der Waals surface area contributed by atoms with Crippen LogP contribution in [0.2, 0.25) is 0 Å². The zero-order valence-corrected chi connectivity index (χ0v) is 13.6. The molecule has 1 atom stereocenters. The normalized spacial score (nSPS) is 16.9. The number of nitrogens with one attached hydrogen (secondary N) is 2. The third-order valence-corrected chi connectivity index (χ3v) is 3.75. The Bertz CT molecular complexity index is 661. The second-order valence-electron chi connectivity index (χ2n) is 5.46. The average Bonchev–Trinajstić information content (AvgIpc) is 3.25. The van der Waals surface area contributed by atoms with Crippen molar-refractivity contribution < 1.29 is 13.9 Å². The number of nitrogens with zero attached hydrogens (tertiary/aromatic N) is 3. The summed E-state index contributed by atoms with van der Waals surface area (Å²) < 4.78 is 10.7. The van der Waals surface area contributed by atoms with Gasteiger partial charge in [0.2, 0.25) is 0 Å². The smallest absolute Gasteiger partial charge is 0.315 e. The molecule has 1 unspecified atom stereocenters. The van der Waals surface area contributed by atoms with Gasteiger partial charge in [0.15, 0.2) is 5.82 Å². The molecule has 24 heavy (non-hydrogen) atoms. The van der Waals surface area contributed by atoms with Gasteiger partial charge in [-0.2, -0.15) is 0 Å². The molecule has 2 N–H and O–H groups in total. The van der Waals surface area contributed by atoms with E-state index in [1.54, 1.807) is 24.7 Å². The molecule has 1 fully saturated rings. The zero-order valence-electron chi connectivity index (χ0n) is 13.6. The molecule has 0 radical (unpaired) electrons. The first-order chi connectivity index (χ1) is 11.8. The Morgan fingerprint density at radius 2 is 2.33 bits per heavy atom. The van der Waals surface area contributed by atoms with Gasteiger partial charge in [-0.1, -0.05) is 0 Å². The average molecular weight is 331 g/mol. The van der Waals surface area contributed by atoms with Crippen LogP contribution >= 0.6 is 0 Å². The Balaban J connectivity index is 1.51. The number of carbonyl (C=O) groups is 1. The number of amides is 2. The molecule has 1 aliphatic rings. The summed E-state index contributed by atoms with van der Waals surface area (Å²) in [6.07, 6.45) is 5.69. The second-order valence-corrected chi connectivity index (χ2v) is 5.46. The van der Waals surface area contributed by atoms with Gasteiger partial charge in [0.1, 0.15) is 5.76 Å². The van der Waals surface area contributed by atoms with Crippen molar-refractivity contribution in [3.8, 4) is 5.88 Å². The highest BCUT2D eigenvalue weighted by atomic mass is 16.5. The van der Waals surface area contributed by atoms with E-state index in [4.69, 9.17) is 9.15 Å². The van der Waals surface area contributed by atoms with Gasteiger partial charge in [-0.05, 0) is 25.5 Å². The van der Waals surface area contributed by atoms with E-state index >= 15 is 0 Å². The van der Waals surface area contributed by atoms with Crippen molar-refractivity contribution in [3.05, 3.63) is 36.5 Å². The minimum atomic E-state index is -0.206. The summed E-state index contributed by atoms with van der Waals surface area (Å²) in [6.45, 7) is 4.29. The highest BCUT2D eigenvalue weighted by Crippen LogP contribution is 2.26. The predicted octanol–water partition coefficient (Wildman–Crippen LogP) is 1.55. The maximum atomic E-state index is 12.0. The minimum Gasteiger partial charge on any atom is -0.475 e. The van der Waals surface area contributed by atoms with E-state index in [0.29, 0.717) is 25.6 Å². The van der Waals surface area contributed by atoms with Crippen LogP contribution < -0.4 is 20.3 Å². The first-order valence-electron chi connectivity index (χ1n) is 8.01. The summed E-state index contributed by atoms with van der Waals surface area (Å²) in [5, 5.41) is 5.75. The monoisotopic (exact) mass is 331 g/mol. The van der Waals surface area contributed by atoms with Crippen LogP contribution in [0.25, 0.3) is 0 Å². The standard InChI is InChI=1S/C16H21N5O3/c1-2-23-15-14(17-6-7-18-15)21-8-5-12(11-21)20-16(22)19-10-13-4-3-9-24-13/h3-4,6-7,9,12H,2,5,8,10-11H2,1H3,(H2,19,20,22). The summed E-state index contributed by atoms with van der Waals surface area (Å²) in [7, 11) is 0. The molecule has 0 aromatic carbocycles. The Morgan fingerprint density at radius 1 is 1.46 bits per heavy atom. The van der Waals surface area contributed by atoms with Gasteiger partial charge < -0.3 is 24.7 Å². The van der Waals surface area contributed by atoms with Crippen molar-refractivity contribution in [2.24, 2.45) is 0 Å². The number of aromatic nitrogens is 2. The van der Waals surface area contributed by atoms with Gasteiger partial charge in [0.25, 0.3) is 5.88 Å². The Hall–Kier alpha value is -2.77. The summed E-state index contributed by atoms with van der Waals surface area (Å²) in [5.74, 6) is 1.97. The van der Waals surface area contributed by atoms with Crippen LogP contribution in [0.4, 0.5) is 10.6 Å². The maximum absolute atomic E-state index is 12.0. The Morgan fingerprint density at radius 3 is 3.12 bits per heavy atom. The second kappa shape index (κ2) is 7.67. The number of rotatable bonds is 6. The molecule has 2 amide bonds. The molecule has 3 heterocycles. The first-order valence-corrected chi connectivity index (χ1v) is 8.01. The van der Waals surface area contributed by atoms with Crippen LogP contribution in [0.15, 0.2) is 35.2 Å². The predicted molar refractivity (Wildman–Crippen MR) is 87.9 cm³/mol. The lowest BCUT2D eigenvalue weighted by atomic mass is 10.3. The molecular formula is C16H21N5O3. The summed E-state index contributed by atoms with van der Waals surface area (Å²) in [5.41, 5.74) is 0. The molecule has 1 saturated heterocycles. The highest BCUT2D eigenvalue weighted by molar-refractivity contribution is 5.74. The molecule has 0 bridgehead atoms. The number of hydrogen-bond acceptors (Lipinski definition) is 6. The van der Waals surface area contributed by atoms with E-state index in [-0.39, 0.29) is 12.1 Å².